The van der Waals surface area contributed by atoms with Gasteiger partial charge in [0.1, 0.15) is 5.82 Å². The second-order valence-corrected chi connectivity index (χ2v) is 4.63. The Hall–Kier alpha value is -0.680. The van der Waals surface area contributed by atoms with Crippen molar-refractivity contribution < 1.29 is 9.50 Å². The molecule has 1 aromatic carbocycles. The lowest BCUT2D eigenvalue weighted by Gasteiger charge is -2.18. The van der Waals surface area contributed by atoms with Gasteiger partial charge in [0.25, 0.3) is 0 Å². The fraction of sp³-hybridized carbons (Fsp3) is 0.538. The van der Waals surface area contributed by atoms with E-state index in [1.807, 2.05) is 0 Å². The minimum absolute atomic E-state index is 0.198. The summed E-state index contributed by atoms with van der Waals surface area (Å²) in [4.78, 5) is 0. The molecule has 5 heteroatoms. The van der Waals surface area contributed by atoms with Crippen molar-refractivity contribution in [2.75, 3.05) is 19.7 Å². The van der Waals surface area contributed by atoms with Crippen LogP contribution in [0.1, 0.15) is 30.9 Å². The molecule has 0 aliphatic carbocycles. The van der Waals surface area contributed by atoms with Gasteiger partial charge in [-0.25, -0.2) is 4.39 Å². The van der Waals surface area contributed by atoms with Crippen molar-refractivity contribution >= 4 is 11.6 Å². The summed E-state index contributed by atoms with van der Waals surface area (Å²) >= 11 is 5.71. The molecule has 0 saturated heterocycles. The van der Waals surface area contributed by atoms with Gasteiger partial charge in [0.15, 0.2) is 0 Å². The van der Waals surface area contributed by atoms with Crippen LogP contribution in [0.2, 0.25) is 5.02 Å². The zero-order valence-corrected chi connectivity index (χ0v) is 11.1. The SMILES string of the molecule is NCC(NCCCCCO)c1ccc(Cl)cc1F. The first kappa shape index (κ1) is 15.4. The van der Waals surface area contributed by atoms with E-state index in [1.165, 1.54) is 6.07 Å². The predicted molar refractivity (Wildman–Crippen MR) is 72.1 cm³/mol. The largest absolute Gasteiger partial charge is 0.396 e. The van der Waals surface area contributed by atoms with Gasteiger partial charge in [-0.1, -0.05) is 17.7 Å². The second kappa shape index (κ2) is 8.43. The third kappa shape index (κ3) is 4.90. The molecule has 0 bridgehead atoms. The van der Waals surface area contributed by atoms with Crippen LogP contribution in [0.4, 0.5) is 4.39 Å². The van der Waals surface area contributed by atoms with Crippen LogP contribution < -0.4 is 11.1 Å². The maximum Gasteiger partial charge on any atom is 0.129 e. The van der Waals surface area contributed by atoms with E-state index in [1.54, 1.807) is 12.1 Å². The van der Waals surface area contributed by atoms with Crippen LogP contribution in [-0.4, -0.2) is 24.8 Å². The third-order valence-electron chi connectivity index (χ3n) is 2.80. The van der Waals surface area contributed by atoms with Crippen molar-refractivity contribution in [2.45, 2.75) is 25.3 Å². The van der Waals surface area contributed by atoms with Crippen molar-refractivity contribution in [3.8, 4) is 0 Å². The van der Waals surface area contributed by atoms with E-state index in [2.05, 4.69) is 5.32 Å². The minimum atomic E-state index is -0.333. The fourth-order valence-electron chi connectivity index (χ4n) is 1.79. The minimum Gasteiger partial charge on any atom is -0.396 e. The first-order valence-electron chi connectivity index (χ1n) is 6.18. The summed E-state index contributed by atoms with van der Waals surface area (Å²) in [6.07, 6.45) is 2.68. The second-order valence-electron chi connectivity index (χ2n) is 4.19. The number of benzene rings is 1. The monoisotopic (exact) mass is 274 g/mol. The summed E-state index contributed by atoms with van der Waals surface area (Å²) in [7, 11) is 0. The van der Waals surface area contributed by atoms with Crippen LogP contribution >= 0.6 is 11.6 Å². The van der Waals surface area contributed by atoms with Crippen LogP contribution in [-0.2, 0) is 0 Å². The maximum atomic E-state index is 13.7. The molecule has 4 N–H and O–H groups in total. The molecule has 0 aliphatic heterocycles. The van der Waals surface area contributed by atoms with Crippen molar-refractivity contribution in [1.29, 1.82) is 0 Å². The molecule has 1 atom stereocenters. The molecule has 102 valence electrons. The van der Waals surface area contributed by atoms with Crippen LogP contribution in [0.5, 0.6) is 0 Å². The molecule has 0 aliphatic rings. The van der Waals surface area contributed by atoms with Gasteiger partial charge in [-0.05, 0) is 37.9 Å². The lowest BCUT2D eigenvalue weighted by molar-refractivity contribution is 0.282. The molecule has 1 rings (SSSR count). The molecule has 0 heterocycles. The van der Waals surface area contributed by atoms with Gasteiger partial charge in [0, 0.05) is 29.8 Å². The lowest BCUT2D eigenvalue weighted by atomic mass is 10.1. The Kier molecular flexibility index (Phi) is 7.20. The third-order valence-corrected chi connectivity index (χ3v) is 3.03. The van der Waals surface area contributed by atoms with Gasteiger partial charge in [0.05, 0.1) is 0 Å². The number of rotatable bonds is 8. The van der Waals surface area contributed by atoms with Gasteiger partial charge >= 0.3 is 0 Å². The summed E-state index contributed by atoms with van der Waals surface area (Å²) in [6, 6.07) is 4.43. The van der Waals surface area contributed by atoms with E-state index in [4.69, 9.17) is 22.4 Å². The summed E-state index contributed by atoms with van der Waals surface area (Å²) in [5.74, 6) is -0.333. The van der Waals surface area contributed by atoms with Crippen molar-refractivity contribution in [2.24, 2.45) is 5.73 Å². The van der Waals surface area contributed by atoms with Crippen molar-refractivity contribution in [3.05, 3.63) is 34.6 Å². The first-order valence-corrected chi connectivity index (χ1v) is 6.56. The number of hydrogen-bond donors (Lipinski definition) is 3. The molecule has 1 unspecified atom stereocenters. The molecule has 0 aromatic heterocycles. The molecular weight excluding hydrogens is 255 g/mol. The molecule has 0 amide bonds. The Morgan fingerprint density at radius 2 is 2.11 bits per heavy atom. The Labute approximate surface area is 112 Å². The van der Waals surface area contributed by atoms with E-state index >= 15 is 0 Å². The summed E-state index contributed by atoms with van der Waals surface area (Å²) in [5, 5.41) is 12.3. The van der Waals surface area contributed by atoms with Crippen molar-refractivity contribution in [3.63, 3.8) is 0 Å². The number of hydrogen-bond acceptors (Lipinski definition) is 3. The van der Waals surface area contributed by atoms with E-state index in [0.717, 1.165) is 25.8 Å². The molecule has 0 spiro atoms. The zero-order valence-electron chi connectivity index (χ0n) is 10.3. The molecule has 18 heavy (non-hydrogen) atoms. The summed E-state index contributed by atoms with van der Waals surface area (Å²) < 4.78 is 13.7. The van der Waals surface area contributed by atoms with Crippen LogP contribution in [0.25, 0.3) is 0 Å². The number of aliphatic hydroxyl groups is 1. The van der Waals surface area contributed by atoms with Crippen LogP contribution in [0, 0.1) is 5.82 Å². The number of unbranched alkanes of at least 4 members (excludes halogenated alkanes) is 2. The van der Waals surface area contributed by atoms with Crippen LogP contribution in [0.15, 0.2) is 18.2 Å². The highest BCUT2D eigenvalue weighted by molar-refractivity contribution is 6.30. The number of nitrogens with one attached hydrogen (secondary N) is 1. The molecule has 1 aromatic rings. The zero-order chi connectivity index (χ0) is 13.4. The molecule has 3 nitrogen and oxygen atoms in total. The smallest absolute Gasteiger partial charge is 0.129 e. The first-order chi connectivity index (χ1) is 8.69. The number of aliphatic hydroxyl groups excluding tert-OH is 1. The molecule has 0 saturated carbocycles. The van der Waals surface area contributed by atoms with E-state index in [0.29, 0.717) is 17.1 Å². The fourth-order valence-corrected chi connectivity index (χ4v) is 1.95. The predicted octanol–water partition coefficient (Wildman–Crippen LogP) is 2.23. The van der Waals surface area contributed by atoms with Gasteiger partial charge in [-0.15, -0.1) is 0 Å². The highest BCUT2D eigenvalue weighted by atomic mass is 35.5. The maximum absolute atomic E-state index is 13.7. The average molecular weight is 275 g/mol. The van der Waals surface area contributed by atoms with Gasteiger partial charge in [-0.2, -0.15) is 0 Å². The lowest BCUT2D eigenvalue weighted by Crippen LogP contribution is -2.29. The topological polar surface area (TPSA) is 58.3 Å². The number of halogens is 2. The Morgan fingerprint density at radius 1 is 1.33 bits per heavy atom. The van der Waals surface area contributed by atoms with E-state index in [-0.39, 0.29) is 18.5 Å². The average Bonchev–Trinajstić information content (AvgIpc) is 2.35. The summed E-state index contributed by atoms with van der Waals surface area (Å²) in [5.41, 5.74) is 6.20. The molecule has 0 radical (unpaired) electrons. The standard InChI is InChI=1S/C13H20ClFN2O/c14-10-4-5-11(12(15)8-10)13(9-16)17-6-2-1-3-7-18/h4-5,8,13,17-18H,1-3,6-7,9,16H2. The quantitative estimate of drug-likeness (QED) is 0.637. The highest BCUT2D eigenvalue weighted by Gasteiger charge is 2.13. The van der Waals surface area contributed by atoms with Gasteiger partial charge in [0.2, 0.25) is 0 Å². The molecule has 0 fully saturated rings. The van der Waals surface area contributed by atoms with Gasteiger partial charge < -0.3 is 16.2 Å². The number of nitrogens with two attached hydrogens (primary N) is 1. The highest BCUT2D eigenvalue weighted by Crippen LogP contribution is 2.20. The van der Waals surface area contributed by atoms with E-state index < -0.39 is 0 Å². The van der Waals surface area contributed by atoms with Gasteiger partial charge in [-0.3, -0.25) is 0 Å². The Morgan fingerprint density at radius 3 is 2.72 bits per heavy atom. The summed E-state index contributed by atoms with van der Waals surface area (Å²) in [6.45, 7) is 1.30. The Balaban J connectivity index is 2.49. The van der Waals surface area contributed by atoms with E-state index in [9.17, 15) is 4.39 Å². The molecular formula is C13H20ClFN2O. The normalized spacial score (nSPS) is 12.7. The van der Waals surface area contributed by atoms with Crippen molar-refractivity contribution in [1.82, 2.24) is 5.32 Å². The van der Waals surface area contributed by atoms with Crippen LogP contribution in [0.3, 0.4) is 0 Å². The Bertz CT molecular complexity index is 363.